The molecule has 1 N–H and O–H groups in total. The van der Waals surface area contributed by atoms with Crippen molar-refractivity contribution in [1.29, 1.82) is 0 Å². The summed E-state index contributed by atoms with van der Waals surface area (Å²) in [6, 6.07) is 0. The van der Waals surface area contributed by atoms with Gasteiger partial charge in [0.2, 0.25) is 0 Å². The second-order valence-electron chi connectivity index (χ2n) is 2.58. The number of carbonyl (C=O) groups is 1. The van der Waals surface area contributed by atoms with Crippen LogP contribution in [0.3, 0.4) is 0 Å². The standard InChI is InChI=1S/C5H11Cl.C4H7ClO2/c1-2-3-4-5-6;5-3-1-2-4(6)7/h2-5H2,1H3;1-3H2,(H,6,7). The maximum atomic E-state index is 9.70. The topological polar surface area (TPSA) is 37.3 Å². The zero-order valence-corrected chi connectivity index (χ0v) is 9.57. The summed E-state index contributed by atoms with van der Waals surface area (Å²) in [6.07, 6.45) is 4.48. The zero-order chi connectivity index (χ0) is 10.5. The number of aliphatic carboxylic acids is 1. The summed E-state index contributed by atoms with van der Waals surface area (Å²) in [5.41, 5.74) is 0. The van der Waals surface area contributed by atoms with Crippen LogP contribution in [0.25, 0.3) is 0 Å². The van der Waals surface area contributed by atoms with E-state index in [1.54, 1.807) is 0 Å². The second kappa shape index (κ2) is 14.6. The molecule has 2 nitrogen and oxygen atoms in total. The Morgan fingerprint density at radius 2 is 1.69 bits per heavy atom. The van der Waals surface area contributed by atoms with Crippen LogP contribution in [0.4, 0.5) is 0 Å². The van der Waals surface area contributed by atoms with Crippen LogP contribution >= 0.6 is 23.2 Å². The third kappa shape index (κ3) is 24.5. The summed E-state index contributed by atoms with van der Waals surface area (Å²) in [5.74, 6) is 0.487. The maximum Gasteiger partial charge on any atom is 0.303 e. The molecule has 0 spiro atoms. The molecular weight excluding hydrogens is 211 g/mol. The largest absolute Gasteiger partial charge is 0.481 e. The zero-order valence-electron chi connectivity index (χ0n) is 8.06. The molecule has 0 atom stereocenters. The van der Waals surface area contributed by atoms with Gasteiger partial charge in [-0.05, 0) is 12.8 Å². The molecule has 0 bridgehead atoms. The van der Waals surface area contributed by atoms with Gasteiger partial charge in [0.15, 0.2) is 0 Å². The highest BCUT2D eigenvalue weighted by Crippen LogP contribution is 1.93. The van der Waals surface area contributed by atoms with Gasteiger partial charge >= 0.3 is 5.97 Å². The van der Waals surface area contributed by atoms with Crippen molar-refractivity contribution in [2.75, 3.05) is 11.8 Å². The van der Waals surface area contributed by atoms with E-state index in [1.807, 2.05) is 0 Å². The Hall–Kier alpha value is 0.0500. The molecule has 0 aromatic carbocycles. The van der Waals surface area contributed by atoms with Gasteiger partial charge in [-0.1, -0.05) is 19.8 Å². The lowest BCUT2D eigenvalue weighted by Gasteiger charge is -1.84. The lowest BCUT2D eigenvalue weighted by molar-refractivity contribution is -0.137. The van der Waals surface area contributed by atoms with E-state index in [0.717, 1.165) is 5.88 Å². The van der Waals surface area contributed by atoms with Gasteiger partial charge in [-0.3, -0.25) is 4.79 Å². The SMILES string of the molecule is CCCCCCl.O=C(O)CCCCl. The molecule has 0 heterocycles. The number of carboxylic acids is 1. The van der Waals surface area contributed by atoms with E-state index in [4.69, 9.17) is 28.3 Å². The van der Waals surface area contributed by atoms with E-state index in [2.05, 4.69) is 6.92 Å². The summed E-state index contributed by atoms with van der Waals surface area (Å²) in [6.45, 7) is 2.17. The number of halogens is 2. The molecule has 0 aromatic rings. The highest BCUT2D eigenvalue weighted by Gasteiger charge is 1.91. The number of unbranched alkanes of at least 4 members (excludes halogenated alkanes) is 2. The minimum Gasteiger partial charge on any atom is -0.481 e. The normalized spacial score (nSPS) is 8.85. The fourth-order valence-electron chi connectivity index (χ4n) is 0.563. The number of carboxylic acid groups (broad SMARTS) is 1. The average molecular weight is 229 g/mol. The third-order valence-corrected chi connectivity index (χ3v) is 1.80. The van der Waals surface area contributed by atoms with E-state index in [-0.39, 0.29) is 6.42 Å². The third-order valence-electron chi connectivity index (χ3n) is 1.26. The van der Waals surface area contributed by atoms with Crippen LogP contribution in [-0.2, 0) is 4.79 Å². The molecule has 0 aliphatic carbocycles. The van der Waals surface area contributed by atoms with Gasteiger partial charge in [-0.15, -0.1) is 23.2 Å². The molecule has 0 unspecified atom stereocenters. The van der Waals surface area contributed by atoms with Crippen LogP contribution in [0.5, 0.6) is 0 Å². The molecule has 0 fully saturated rings. The van der Waals surface area contributed by atoms with Crippen molar-refractivity contribution in [2.45, 2.75) is 39.0 Å². The van der Waals surface area contributed by atoms with Gasteiger partial charge in [0.05, 0.1) is 0 Å². The first-order valence-corrected chi connectivity index (χ1v) is 5.59. The summed E-state index contributed by atoms with van der Waals surface area (Å²) >= 11 is 10.6. The lowest BCUT2D eigenvalue weighted by Crippen LogP contribution is -1.93. The van der Waals surface area contributed by atoms with Crippen LogP contribution < -0.4 is 0 Å². The smallest absolute Gasteiger partial charge is 0.303 e. The Morgan fingerprint density at radius 1 is 1.15 bits per heavy atom. The molecule has 0 aliphatic heterocycles. The Labute approximate surface area is 90.2 Å². The number of hydrogen-bond acceptors (Lipinski definition) is 1. The van der Waals surface area contributed by atoms with E-state index in [0.29, 0.717) is 12.3 Å². The molecule has 13 heavy (non-hydrogen) atoms. The van der Waals surface area contributed by atoms with E-state index in [1.165, 1.54) is 19.3 Å². The van der Waals surface area contributed by atoms with Crippen LogP contribution in [0.15, 0.2) is 0 Å². The summed E-state index contributed by atoms with van der Waals surface area (Å²) in [4.78, 5) is 9.70. The molecule has 0 radical (unpaired) electrons. The van der Waals surface area contributed by atoms with Crippen molar-refractivity contribution in [3.05, 3.63) is 0 Å². The van der Waals surface area contributed by atoms with Gasteiger partial charge in [-0.25, -0.2) is 0 Å². The number of hydrogen-bond donors (Lipinski definition) is 1. The molecule has 0 aliphatic rings. The van der Waals surface area contributed by atoms with E-state index >= 15 is 0 Å². The molecule has 0 amide bonds. The van der Waals surface area contributed by atoms with Crippen LogP contribution in [-0.4, -0.2) is 22.8 Å². The predicted octanol–water partition coefficient (Wildman–Crippen LogP) is 3.51. The molecule has 80 valence electrons. The van der Waals surface area contributed by atoms with Crippen LogP contribution in [0.2, 0.25) is 0 Å². The fraction of sp³-hybridized carbons (Fsp3) is 0.889. The minimum atomic E-state index is -0.777. The quantitative estimate of drug-likeness (QED) is 0.559. The van der Waals surface area contributed by atoms with Crippen molar-refractivity contribution >= 4 is 29.2 Å². The van der Waals surface area contributed by atoms with Gasteiger partial charge in [0.25, 0.3) is 0 Å². The van der Waals surface area contributed by atoms with Gasteiger partial charge < -0.3 is 5.11 Å². The second-order valence-corrected chi connectivity index (χ2v) is 3.34. The number of alkyl halides is 2. The predicted molar refractivity (Wildman–Crippen MR) is 57.8 cm³/mol. The maximum absolute atomic E-state index is 9.70. The van der Waals surface area contributed by atoms with E-state index in [9.17, 15) is 4.79 Å². The monoisotopic (exact) mass is 228 g/mol. The molecule has 4 heteroatoms. The Kier molecular flexibility index (Phi) is 17.4. The van der Waals surface area contributed by atoms with Gasteiger partial charge in [0.1, 0.15) is 0 Å². The van der Waals surface area contributed by atoms with Crippen molar-refractivity contribution in [3.63, 3.8) is 0 Å². The molecule has 0 rings (SSSR count). The first-order valence-electron chi connectivity index (χ1n) is 4.52. The minimum absolute atomic E-state index is 0.184. The summed E-state index contributed by atoms with van der Waals surface area (Å²) < 4.78 is 0. The first-order chi connectivity index (χ1) is 6.18. The molecule has 0 saturated carbocycles. The Morgan fingerprint density at radius 3 is 1.85 bits per heavy atom. The fourth-order valence-corrected chi connectivity index (χ4v) is 0.885. The van der Waals surface area contributed by atoms with Crippen molar-refractivity contribution in [1.82, 2.24) is 0 Å². The Balaban J connectivity index is 0. The van der Waals surface area contributed by atoms with Gasteiger partial charge in [0, 0.05) is 18.2 Å². The average Bonchev–Trinajstić information content (AvgIpc) is 2.12. The van der Waals surface area contributed by atoms with Crippen molar-refractivity contribution in [2.24, 2.45) is 0 Å². The van der Waals surface area contributed by atoms with E-state index < -0.39 is 5.97 Å². The number of rotatable bonds is 6. The van der Waals surface area contributed by atoms with Crippen molar-refractivity contribution < 1.29 is 9.90 Å². The lowest BCUT2D eigenvalue weighted by atomic mass is 10.3. The van der Waals surface area contributed by atoms with Crippen LogP contribution in [0.1, 0.15) is 39.0 Å². The highest BCUT2D eigenvalue weighted by molar-refractivity contribution is 6.18. The van der Waals surface area contributed by atoms with Crippen molar-refractivity contribution in [3.8, 4) is 0 Å². The molecule has 0 saturated heterocycles. The van der Waals surface area contributed by atoms with Crippen LogP contribution in [0, 0.1) is 0 Å². The summed E-state index contributed by atoms with van der Waals surface area (Å²) in [7, 11) is 0. The molecular formula is C9H18Cl2O2. The highest BCUT2D eigenvalue weighted by atomic mass is 35.5. The Bertz CT molecular complexity index is 104. The molecule has 0 aromatic heterocycles. The summed E-state index contributed by atoms with van der Waals surface area (Å²) in [5, 5.41) is 7.99. The van der Waals surface area contributed by atoms with Gasteiger partial charge in [-0.2, -0.15) is 0 Å². The first kappa shape index (κ1) is 15.5.